The predicted octanol–water partition coefficient (Wildman–Crippen LogP) is 1.72. The third-order valence-corrected chi connectivity index (χ3v) is 3.50. The first-order chi connectivity index (χ1) is 10.1. The van der Waals surface area contributed by atoms with E-state index in [0.717, 1.165) is 0 Å². The van der Waals surface area contributed by atoms with Gasteiger partial charge in [0.1, 0.15) is 11.4 Å². The molecule has 110 valence electrons. The number of rotatable bonds is 4. The van der Waals surface area contributed by atoms with E-state index in [1.165, 1.54) is 12.1 Å². The van der Waals surface area contributed by atoms with E-state index >= 15 is 0 Å². The number of aliphatic hydroxyl groups is 1. The summed E-state index contributed by atoms with van der Waals surface area (Å²) in [7, 11) is 0. The second kappa shape index (κ2) is 5.29. The highest BCUT2D eigenvalue weighted by Gasteiger charge is 2.43. The second-order valence-electron chi connectivity index (χ2n) is 5.04. The van der Waals surface area contributed by atoms with Crippen LogP contribution in [0.2, 0.25) is 0 Å². The molecule has 0 amide bonds. The minimum absolute atomic E-state index is 0.311. The quantitative estimate of drug-likeness (QED) is 0.928. The van der Waals surface area contributed by atoms with Crippen molar-refractivity contribution >= 4 is 5.82 Å². The molecule has 0 saturated carbocycles. The summed E-state index contributed by atoms with van der Waals surface area (Å²) < 4.78 is 18.2. The second-order valence-corrected chi connectivity index (χ2v) is 5.04. The lowest BCUT2D eigenvalue weighted by Crippen LogP contribution is -2.59. The monoisotopic (exact) mass is 289 g/mol. The van der Waals surface area contributed by atoms with Crippen LogP contribution in [0.3, 0.4) is 0 Å². The lowest BCUT2D eigenvalue weighted by atomic mass is 9.86. The molecule has 0 radical (unpaired) electrons. The van der Waals surface area contributed by atoms with Gasteiger partial charge in [0.25, 0.3) is 0 Å². The molecule has 5 nitrogen and oxygen atoms in total. The smallest absolute Gasteiger partial charge is 0.234 e. The molecular formula is C15H16FN3O2. The van der Waals surface area contributed by atoms with Gasteiger partial charge >= 0.3 is 0 Å². The van der Waals surface area contributed by atoms with Crippen molar-refractivity contribution in [3.8, 4) is 5.88 Å². The fraction of sp³-hybridized carbons (Fsp3) is 0.333. The normalized spacial score (nSPS) is 16.4. The van der Waals surface area contributed by atoms with E-state index in [0.29, 0.717) is 37.0 Å². The standard InChI is InChI=1S/C15H16FN3O2/c1-2-21-14-8-17-7-13(18-14)19-9-15(20,10-19)11-3-5-12(16)6-4-11/h3-8,20H,2,9-10H2,1H3. The van der Waals surface area contributed by atoms with Crippen LogP contribution in [0.5, 0.6) is 5.88 Å². The van der Waals surface area contributed by atoms with Gasteiger partial charge in [-0.3, -0.25) is 4.98 Å². The highest BCUT2D eigenvalue weighted by molar-refractivity contribution is 5.46. The van der Waals surface area contributed by atoms with Gasteiger partial charge in [0.15, 0.2) is 5.82 Å². The number of benzene rings is 1. The molecule has 0 spiro atoms. The van der Waals surface area contributed by atoms with E-state index in [9.17, 15) is 9.50 Å². The van der Waals surface area contributed by atoms with Gasteiger partial charge in [0, 0.05) is 0 Å². The third kappa shape index (κ3) is 2.67. The number of anilines is 1. The zero-order chi connectivity index (χ0) is 14.9. The molecule has 2 heterocycles. The van der Waals surface area contributed by atoms with Crippen LogP contribution in [0.25, 0.3) is 0 Å². The van der Waals surface area contributed by atoms with E-state index in [4.69, 9.17) is 4.74 Å². The SMILES string of the molecule is CCOc1cncc(N2CC(O)(c3ccc(F)cc3)C2)n1. The van der Waals surface area contributed by atoms with Crippen LogP contribution in [-0.2, 0) is 5.60 Å². The Morgan fingerprint density at radius 2 is 2.00 bits per heavy atom. The fourth-order valence-corrected chi connectivity index (χ4v) is 2.40. The van der Waals surface area contributed by atoms with Gasteiger partial charge in [-0.2, -0.15) is 4.98 Å². The highest BCUT2D eigenvalue weighted by atomic mass is 19.1. The summed E-state index contributed by atoms with van der Waals surface area (Å²) in [5.41, 5.74) is -0.272. The Kier molecular flexibility index (Phi) is 3.47. The van der Waals surface area contributed by atoms with Crippen molar-refractivity contribution in [3.63, 3.8) is 0 Å². The van der Waals surface area contributed by atoms with E-state index in [1.807, 2.05) is 11.8 Å². The molecule has 1 aromatic heterocycles. The van der Waals surface area contributed by atoms with Crippen molar-refractivity contribution in [1.29, 1.82) is 0 Å². The molecule has 6 heteroatoms. The van der Waals surface area contributed by atoms with Gasteiger partial charge in [-0.1, -0.05) is 12.1 Å². The lowest BCUT2D eigenvalue weighted by Gasteiger charge is -2.47. The lowest BCUT2D eigenvalue weighted by molar-refractivity contribution is 0.00689. The number of halogens is 1. The first kappa shape index (κ1) is 13.8. The van der Waals surface area contributed by atoms with Crippen LogP contribution in [0.4, 0.5) is 10.2 Å². The summed E-state index contributed by atoms with van der Waals surface area (Å²) in [4.78, 5) is 10.3. The zero-order valence-corrected chi connectivity index (χ0v) is 11.7. The molecule has 21 heavy (non-hydrogen) atoms. The molecular weight excluding hydrogens is 273 g/mol. The van der Waals surface area contributed by atoms with Crippen LogP contribution >= 0.6 is 0 Å². The molecule has 0 unspecified atom stereocenters. The molecule has 0 bridgehead atoms. The van der Waals surface area contributed by atoms with Crippen molar-refractivity contribution in [1.82, 2.24) is 9.97 Å². The van der Waals surface area contributed by atoms with Gasteiger partial charge in [-0.15, -0.1) is 0 Å². The van der Waals surface area contributed by atoms with Crippen molar-refractivity contribution in [2.75, 3.05) is 24.6 Å². The minimum Gasteiger partial charge on any atom is -0.477 e. The van der Waals surface area contributed by atoms with Gasteiger partial charge in [-0.05, 0) is 24.6 Å². The Bertz CT molecular complexity index is 627. The van der Waals surface area contributed by atoms with E-state index in [2.05, 4.69) is 9.97 Å². The summed E-state index contributed by atoms with van der Waals surface area (Å²) in [6, 6.07) is 5.92. The summed E-state index contributed by atoms with van der Waals surface area (Å²) in [6.45, 7) is 3.19. The number of nitrogens with zero attached hydrogens (tertiary/aromatic N) is 3. The largest absolute Gasteiger partial charge is 0.477 e. The van der Waals surface area contributed by atoms with Crippen LogP contribution < -0.4 is 9.64 Å². The Hall–Kier alpha value is -2.21. The number of aromatic nitrogens is 2. The topological polar surface area (TPSA) is 58.5 Å². The highest BCUT2D eigenvalue weighted by Crippen LogP contribution is 2.34. The number of hydrogen-bond donors (Lipinski definition) is 1. The van der Waals surface area contributed by atoms with E-state index in [-0.39, 0.29) is 5.82 Å². The fourth-order valence-electron chi connectivity index (χ4n) is 2.40. The van der Waals surface area contributed by atoms with Gasteiger partial charge in [-0.25, -0.2) is 4.39 Å². The predicted molar refractivity (Wildman–Crippen MR) is 75.7 cm³/mol. The molecule has 0 aliphatic carbocycles. The summed E-state index contributed by atoms with van der Waals surface area (Å²) in [5, 5.41) is 10.5. The number of β-amino-alcohol motifs (C(OH)–C–C–N with tert-alkyl or cyclic N) is 1. The maximum atomic E-state index is 12.9. The summed E-state index contributed by atoms with van der Waals surface area (Å²) in [6.07, 6.45) is 3.19. The molecule has 1 fully saturated rings. The maximum absolute atomic E-state index is 12.9. The molecule has 2 aromatic rings. The summed E-state index contributed by atoms with van der Waals surface area (Å²) in [5.74, 6) is 0.814. The Morgan fingerprint density at radius 3 is 2.67 bits per heavy atom. The molecule has 1 aliphatic rings. The van der Waals surface area contributed by atoms with Crippen molar-refractivity contribution in [3.05, 3.63) is 48.0 Å². The van der Waals surface area contributed by atoms with Crippen LogP contribution in [-0.4, -0.2) is 34.8 Å². The van der Waals surface area contributed by atoms with E-state index in [1.54, 1.807) is 24.5 Å². The van der Waals surface area contributed by atoms with Gasteiger partial charge in [0.05, 0.1) is 32.1 Å². The molecule has 1 saturated heterocycles. The first-order valence-electron chi connectivity index (χ1n) is 6.79. The average molecular weight is 289 g/mol. The van der Waals surface area contributed by atoms with Crippen LogP contribution in [0.1, 0.15) is 12.5 Å². The average Bonchev–Trinajstić information content (AvgIpc) is 2.45. The van der Waals surface area contributed by atoms with Crippen molar-refractivity contribution in [2.45, 2.75) is 12.5 Å². The minimum atomic E-state index is -0.975. The third-order valence-electron chi connectivity index (χ3n) is 3.50. The van der Waals surface area contributed by atoms with E-state index < -0.39 is 5.60 Å². The molecule has 1 aliphatic heterocycles. The van der Waals surface area contributed by atoms with Gasteiger partial charge in [0.2, 0.25) is 5.88 Å². The zero-order valence-electron chi connectivity index (χ0n) is 11.7. The number of hydrogen-bond acceptors (Lipinski definition) is 5. The Morgan fingerprint density at radius 1 is 1.29 bits per heavy atom. The molecule has 1 N–H and O–H groups in total. The van der Waals surface area contributed by atoms with Gasteiger partial charge < -0.3 is 14.7 Å². The summed E-state index contributed by atoms with van der Waals surface area (Å²) >= 11 is 0. The molecule has 1 aromatic carbocycles. The van der Waals surface area contributed by atoms with Crippen LogP contribution in [0, 0.1) is 5.82 Å². The number of ether oxygens (including phenoxy) is 1. The molecule has 0 atom stereocenters. The Balaban J connectivity index is 1.72. The van der Waals surface area contributed by atoms with Crippen molar-refractivity contribution < 1.29 is 14.2 Å². The Labute approximate surface area is 122 Å². The van der Waals surface area contributed by atoms with Crippen molar-refractivity contribution in [2.24, 2.45) is 0 Å². The first-order valence-corrected chi connectivity index (χ1v) is 6.79. The maximum Gasteiger partial charge on any atom is 0.234 e. The molecule has 3 rings (SSSR count). The van der Waals surface area contributed by atoms with Crippen LogP contribution in [0.15, 0.2) is 36.7 Å².